The fraction of sp³-hybridized carbons (Fsp3) is 0.526. The van der Waals surface area contributed by atoms with Gasteiger partial charge < -0.3 is 4.74 Å². The second-order valence-electron chi connectivity index (χ2n) is 7.76. The Morgan fingerprint density at radius 1 is 1.39 bits per heavy atom. The van der Waals surface area contributed by atoms with Crippen molar-refractivity contribution in [3.05, 3.63) is 31.3 Å². The van der Waals surface area contributed by atoms with Gasteiger partial charge in [-0.15, -0.1) is 11.3 Å². The lowest BCUT2D eigenvalue weighted by Gasteiger charge is -2.18. The maximum absolute atomic E-state index is 12.9. The lowest BCUT2D eigenvalue weighted by molar-refractivity contribution is -0.152. The third-order valence-electron chi connectivity index (χ3n) is 4.27. The molecule has 0 radical (unpaired) electrons. The van der Waals surface area contributed by atoms with Crippen LogP contribution in [0.15, 0.2) is 14.6 Å². The Bertz CT molecular complexity index is 1120. The van der Waals surface area contributed by atoms with Crippen molar-refractivity contribution in [3.63, 3.8) is 0 Å². The van der Waals surface area contributed by atoms with Crippen LogP contribution in [0.5, 0.6) is 0 Å². The molecule has 1 fully saturated rings. The molecule has 0 spiro atoms. The molecule has 2 aromatic heterocycles. The molecule has 2 heterocycles. The molecule has 0 amide bonds. The maximum atomic E-state index is 12.9. The van der Waals surface area contributed by atoms with Crippen molar-refractivity contribution in [2.75, 3.05) is 6.54 Å². The average molecular weight is 402 g/mol. The van der Waals surface area contributed by atoms with E-state index in [0.29, 0.717) is 20.7 Å². The monoisotopic (exact) mass is 402 g/mol. The third kappa shape index (κ3) is 3.92. The van der Waals surface area contributed by atoms with E-state index < -0.39 is 17.3 Å². The predicted octanol–water partition coefficient (Wildman–Crippen LogP) is 2.15. The molecular weight excluding hydrogens is 380 g/mol. The second kappa shape index (κ2) is 7.36. The van der Waals surface area contributed by atoms with Crippen molar-refractivity contribution in [3.8, 4) is 6.07 Å². The van der Waals surface area contributed by atoms with E-state index in [1.165, 1.54) is 26.7 Å². The minimum atomic E-state index is -0.582. The summed E-state index contributed by atoms with van der Waals surface area (Å²) in [6, 6.07) is 1.91. The van der Waals surface area contributed by atoms with Gasteiger partial charge in [-0.05, 0) is 46.1 Å². The number of hydrogen-bond acceptors (Lipinski definition) is 7. The fourth-order valence-corrected chi connectivity index (χ4v) is 4.13. The van der Waals surface area contributed by atoms with E-state index in [1.807, 2.05) is 6.07 Å². The number of aromatic nitrogens is 2. The number of esters is 1. The van der Waals surface area contributed by atoms with E-state index >= 15 is 0 Å². The summed E-state index contributed by atoms with van der Waals surface area (Å²) in [5.74, 6) is -0.444. The molecule has 2 aromatic rings. The Morgan fingerprint density at radius 2 is 2.07 bits per heavy atom. The lowest BCUT2D eigenvalue weighted by atomic mass is 10.2. The Kier molecular flexibility index (Phi) is 5.26. The zero-order valence-corrected chi connectivity index (χ0v) is 17.1. The first-order chi connectivity index (χ1) is 13.1. The molecule has 28 heavy (non-hydrogen) atoms. The number of aliphatic imine (C=N–C) groups is 1. The van der Waals surface area contributed by atoms with Crippen LogP contribution in [0.2, 0.25) is 0 Å². The van der Waals surface area contributed by atoms with Crippen molar-refractivity contribution in [2.24, 2.45) is 4.99 Å². The van der Waals surface area contributed by atoms with E-state index in [-0.39, 0.29) is 24.7 Å². The molecule has 1 saturated carbocycles. The molecule has 1 aliphatic rings. The Morgan fingerprint density at radius 3 is 2.64 bits per heavy atom. The van der Waals surface area contributed by atoms with Gasteiger partial charge in [-0.2, -0.15) is 5.26 Å². The van der Waals surface area contributed by atoms with Crippen LogP contribution >= 0.6 is 11.3 Å². The number of hydrogen-bond donors (Lipinski definition) is 0. The van der Waals surface area contributed by atoms with Gasteiger partial charge in [-0.3, -0.25) is 23.7 Å². The van der Waals surface area contributed by atoms with Gasteiger partial charge in [0.1, 0.15) is 23.5 Å². The molecule has 9 heteroatoms. The Labute approximate surface area is 165 Å². The van der Waals surface area contributed by atoms with Gasteiger partial charge in [0.2, 0.25) is 0 Å². The highest BCUT2D eigenvalue weighted by Gasteiger charge is 2.30. The first-order valence-corrected chi connectivity index (χ1v) is 9.82. The van der Waals surface area contributed by atoms with Crippen LogP contribution in [-0.2, 0) is 16.1 Å². The van der Waals surface area contributed by atoms with Gasteiger partial charge >= 0.3 is 11.7 Å². The van der Waals surface area contributed by atoms with Crippen molar-refractivity contribution in [1.29, 1.82) is 5.26 Å². The van der Waals surface area contributed by atoms with Crippen LogP contribution in [-0.4, -0.2) is 33.5 Å². The second-order valence-corrected chi connectivity index (χ2v) is 8.79. The number of carbonyl (C=O) groups excluding carboxylic acids is 1. The summed E-state index contributed by atoms with van der Waals surface area (Å²) in [6.07, 6.45) is 3.10. The zero-order chi connectivity index (χ0) is 20.6. The summed E-state index contributed by atoms with van der Waals surface area (Å²) in [7, 11) is 0. The molecule has 8 nitrogen and oxygen atoms in total. The summed E-state index contributed by atoms with van der Waals surface area (Å²) in [6.45, 7) is 6.87. The largest absolute Gasteiger partial charge is 0.459 e. The fourth-order valence-electron chi connectivity index (χ4n) is 2.95. The predicted molar refractivity (Wildman–Crippen MR) is 107 cm³/mol. The quantitative estimate of drug-likeness (QED) is 0.563. The zero-order valence-electron chi connectivity index (χ0n) is 16.3. The highest BCUT2D eigenvalue weighted by Crippen LogP contribution is 2.34. The molecule has 148 valence electrons. The van der Waals surface area contributed by atoms with Gasteiger partial charge in [-0.1, -0.05) is 0 Å². The lowest BCUT2D eigenvalue weighted by Crippen LogP contribution is -2.39. The number of fused-ring (bicyclic) bond motifs is 1. The van der Waals surface area contributed by atoms with E-state index in [2.05, 4.69) is 4.99 Å². The number of aryl methyl sites for hydroxylation is 1. The third-order valence-corrected chi connectivity index (χ3v) is 5.52. The van der Waals surface area contributed by atoms with Crippen molar-refractivity contribution in [2.45, 2.75) is 58.7 Å². The van der Waals surface area contributed by atoms with Crippen molar-refractivity contribution < 1.29 is 9.53 Å². The number of carbonyl (C=O) groups is 1. The number of thiophene rings is 1. The van der Waals surface area contributed by atoms with Crippen LogP contribution < -0.4 is 11.2 Å². The van der Waals surface area contributed by atoms with Gasteiger partial charge in [0, 0.05) is 12.3 Å². The molecule has 0 N–H and O–H groups in total. The smallest absolute Gasteiger partial charge is 0.333 e. The van der Waals surface area contributed by atoms with Gasteiger partial charge in [0.05, 0.1) is 16.3 Å². The first kappa shape index (κ1) is 20.0. The maximum Gasteiger partial charge on any atom is 0.333 e. The summed E-state index contributed by atoms with van der Waals surface area (Å²) in [5.41, 5.74) is -0.655. The van der Waals surface area contributed by atoms with Gasteiger partial charge in [0.25, 0.3) is 5.56 Å². The van der Waals surface area contributed by atoms with Crippen LogP contribution in [0.4, 0.5) is 0 Å². The Hall–Kier alpha value is -2.73. The molecule has 1 aliphatic carbocycles. The molecule has 0 unspecified atom stereocenters. The highest BCUT2D eigenvalue weighted by molar-refractivity contribution is 7.20. The SMILES string of the molecule is Cc1c(C=NCC(=O)OC(C)(C)C)sc2c1c(=O)n(C1CC1)c(=O)n2CC#N. The van der Waals surface area contributed by atoms with Gasteiger partial charge in [-0.25, -0.2) is 4.79 Å². The topological polar surface area (TPSA) is 106 Å². The number of nitriles is 1. The Balaban J connectivity index is 2.02. The molecule has 0 saturated heterocycles. The summed E-state index contributed by atoms with van der Waals surface area (Å²) >= 11 is 1.22. The molecule has 0 aliphatic heterocycles. The number of ether oxygens (including phenoxy) is 1. The number of nitrogens with zero attached hydrogens (tertiary/aromatic N) is 4. The molecule has 0 atom stereocenters. The van der Waals surface area contributed by atoms with Crippen molar-refractivity contribution >= 4 is 33.7 Å². The van der Waals surface area contributed by atoms with Crippen molar-refractivity contribution in [1.82, 2.24) is 9.13 Å². The molecule has 3 rings (SSSR count). The van der Waals surface area contributed by atoms with E-state index in [1.54, 1.807) is 27.7 Å². The van der Waals surface area contributed by atoms with Crippen LogP contribution in [0.25, 0.3) is 10.2 Å². The number of rotatable bonds is 5. The minimum absolute atomic E-state index is 0.0853. The van der Waals surface area contributed by atoms with E-state index in [4.69, 9.17) is 10.00 Å². The standard InChI is InChI=1S/C19H22N4O4S/c1-11-13(9-21-10-14(24)27-19(2,3)4)28-17-15(11)16(25)23(12-5-6-12)18(26)22(17)8-7-20/h9,12H,5-6,8,10H2,1-4H3. The van der Waals surface area contributed by atoms with Crippen LogP contribution in [0, 0.1) is 18.3 Å². The molecule has 0 aromatic carbocycles. The normalized spacial score (nSPS) is 14.5. The van der Waals surface area contributed by atoms with Crippen LogP contribution in [0.1, 0.15) is 50.1 Å². The average Bonchev–Trinajstić information content (AvgIpc) is 3.35. The van der Waals surface area contributed by atoms with Crippen LogP contribution in [0.3, 0.4) is 0 Å². The highest BCUT2D eigenvalue weighted by atomic mass is 32.1. The molecule has 0 bridgehead atoms. The van der Waals surface area contributed by atoms with E-state index in [9.17, 15) is 14.4 Å². The minimum Gasteiger partial charge on any atom is -0.459 e. The summed E-state index contributed by atoms with van der Waals surface area (Å²) in [5, 5.41) is 9.55. The van der Waals surface area contributed by atoms with Gasteiger partial charge in [0.15, 0.2) is 0 Å². The summed E-state index contributed by atoms with van der Waals surface area (Å²) < 4.78 is 7.83. The summed E-state index contributed by atoms with van der Waals surface area (Å²) in [4.78, 5) is 42.7. The first-order valence-electron chi connectivity index (χ1n) is 9.01. The molecular formula is C19H22N4O4S. The van der Waals surface area contributed by atoms with E-state index in [0.717, 1.165) is 12.8 Å².